The van der Waals surface area contributed by atoms with Gasteiger partial charge in [0.1, 0.15) is 11.8 Å². The highest BCUT2D eigenvalue weighted by atomic mass is 127. The first-order valence-electron chi connectivity index (χ1n) is 5.06. The van der Waals surface area contributed by atoms with Gasteiger partial charge in [0.15, 0.2) is 0 Å². The predicted octanol–water partition coefficient (Wildman–Crippen LogP) is 2.51. The second kappa shape index (κ2) is 4.74. The van der Waals surface area contributed by atoms with Crippen LogP contribution in [-0.4, -0.2) is 12.4 Å². The Morgan fingerprint density at radius 2 is 1.78 bits per heavy atom. The summed E-state index contributed by atoms with van der Waals surface area (Å²) in [6, 6.07) is 11.5. The van der Waals surface area contributed by atoms with Crippen molar-refractivity contribution in [1.29, 1.82) is 5.26 Å². The van der Waals surface area contributed by atoms with Crippen LogP contribution in [0.1, 0.15) is 11.3 Å². The highest BCUT2D eigenvalue weighted by molar-refractivity contribution is 14.1. The number of aromatic nitrogens is 1. The normalized spacial score (nSPS) is 11.2. The van der Waals surface area contributed by atoms with Gasteiger partial charge in [0.25, 0.3) is 10.0 Å². The van der Waals surface area contributed by atoms with Gasteiger partial charge in [-0.3, -0.25) is 0 Å². The molecule has 0 saturated carbocycles. The van der Waals surface area contributed by atoms with E-state index < -0.39 is 10.0 Å². The van der Waals surface area contributed by atoms with Crippen molar-refractivity contribution in [3.63, 3.8) is 0 Å². The molecule has 2 rings (SSSR count). The molecular weight excluding hydrogens is 363 g/mol. The minimum absolute atomic E-state index is 0.111. The van der Waals surface area contributed by atoms with Crippen molar-refractivity contribution in [2.24, 2.45) is 0 Å². The summed E-state index contributed by atoms with van der Waals surface area (Å²) in [5.74, 6) is 0. The second-order valence-corrected chi connectivity index (χ2v) is 6.63. The number of hydrogen-bond donors (Lipinski definition) is 0. The van der Waals surface area contributed by atoms with Gasteiger partial charge in [0.2, 0.25) is 0 Å². The number of halogens is 1. The van der Waals surface area contributed by atoms with Crippen LogP contribution in [0, 0.1) is 22.0 Å². The van der Waals surface area contributed by atoms with E-state index in [1.54, 1.807) is 30.3 Å². The van der Waals surface area contributed by atoms with E-state index >= 15 is 0 Å². The van der Waals surface area contributed by atoms with Gasteiger partial charge in [-0.25, -0.2) is 12.4 Å². The molecule has 0 aliphatic rings. The van der Waals surface area contributed by atoms with Crippen LogP contribution in [-0.2, 0) is 10.0 Å². The summed E-state index contributed by atoms with van der Waals surface area (Å²) in [5.41, 5.74) is 1.09. The molecule has 0 aliphatic carbocycles. The Labute approximate surface area is 119 Å². The van der Waals surface area contributed by atoms with Gasteiger partial charge in [-0.1, -0.05) is 17.7 Å². The smallest absolute Gasteiger partial charge is 0.218 e. The van der Waals surface area contributed by atoms with E-state index in [0.29, 0.717) is 3.70 Å². The first kappa shape index (κ1) is 13.1. The quantitative estimate of drug-likeness (QED) is 0.761. The van der Waals surface area contributed by atoms with Crippen LogP contribution in [0.3, 0.4) is 0 Å². The van der Waals surface area contributed by atoms with Crippen molar-refractivity contribution in [3.05, 3.63) is 51.4 Å². The zero-order valence-electron chi connectivity index (χ0n) is 9.46. The zero-order valence-corrected chi connectivity index (χ0v) is 12.4. The molecule has 0 unspecified atom stereocenters. The van der Waals surface area contributed by atoms with E-state index in [1.165, 1.54) is 6.07 Å². The van der Waals surface area contributed by atoms with E-state index in [-0.39, 0.29) is 10.6 Å². The van der Waals surface area contributed by atoms with Crippen LogP contribution >= 0.6 is 22.6 Å². The summed E-state index contributed by atoms with van der Waals surface area (Å²) < 4.78 is 26.4. The fourth-order valence-corrected chi connectivity index (χ4v) is 4.10. The van der Waals surface area contributed by atoms with E-state index in [1.807, 2.05) is 35.6 Å². The Bertz CT molecular complexity index is 724. The number of aryl methyl sites for hydroxylation is 1. The summed E-state index contributed by atoms with van der Waals surface area (Å²) in [6.45, 7) is 1.89. The molecule has 6 heteroatoms. The molecule has 1 aromatic heterocycles. The molecule has 0 atom stereocenters. The summed E-state index contributed by atoms with van der Waals surface area (Å²) in [5, 5.41) is 8.95. The zero-order chi connectivity index (χ0) is 13.3. The van der Waals surface area contributed by atoms with E-state index in [0.717, 1.165) is 9.54 Å². The Balaban J connectivity index is 2.66. The average Bonchev–Trinajstić information content (AvgIpc) is 2.71. The van der Waals surface area contributed by atoms with E-state index in [9.17, 15) is 8.42 Å². The Morgan fingerprint density at radius 3 is 2.33 bits per heavy atom. The molecule has 0 amide bonds. The molecule has 18 heavy (non-hydrogen) atoms. The standard InChI is InChI=1S/C12H9IN2O2S/c1-9-2-5-11(6-3-9)18(16,17)15-10(8-14)4-7-12(15)13/h2-7H,1H3. The highest BCUT2D eigenvalue weighted by Crippen LogP contribution is 2.21. The molecule has 0 N–H and O–H groups in total. The lowest BCUT2D eigenvalue weighted by Crippen LogP contribution is -2.16. The van der Waals surface area contributed by atoms with Gasteiger partial charge >= 0.3 is 0 Å². The summed E-state index contributed by atoms with van der Waals surface area (Å²) in [6.07, 6.45) is 0. The average molecular weight is 372 g/mol. The number of rotatable bonds is 2. The van der Waals surface area contributed by atoms with Crippen molar-refractivity contribution in [3.8, 4) is 6.07 Å². The number of nitrogens with zero attached hydrogens (tertiary/aromatic N) is 2. The van der Waals surface area contributed by atoms with Crippen LogP contribution in [0.4, 0.5) is 0 Å². The molecule has 2 aromatic rings. The van der Waals surface area contributed by atoms with Crippen LogP contribution in [0.5, 0.6) is 0 Å². The van der Waals surface area contributed by atoms with Gasteiger partial charge in [-0.05, 0) is 53.8 Å². The van der Waals surface area contributed by atoms with Crippen LogP contribution in [0.2, 0.25) is 0 Å². The maximum Gasteiger partial charge on any atom is 0.269 e. The molecule has 0 bridgehead atoms. The monoisotopic (exact) mass is 372 g/mol. The van der Waals surface area contributed by atoms with Gasteiger partial charge in [-0.15, -0.1) is 0 Å². The van der Waals surface area contributed by atoms with Crippen LogP contribution < -0.4 is 0 Å². The van der Waals surface area contributed by atoms with Gasteiger partial charge in [-0.2, -0.15) is 5.26 Å². The third kappa shape index (κ3) is 2.15. The molecular formula is C12H9IN2O2S. The fraction of sp³-hybridized carbons (Fsp3) is 0.0833. The summed E-state index contributed by atoms with van der Waals surface area (Å²) in [4.78, 5) is 0.179. The SMILES string of the molecule is Cc1ccc(S(=O)(=O)n2c(I)ccc2C#N)cc1. The molecule has 0 radical (unpaired) electrons. The van der Waals surface area contributed by atoms with Crippen LogP contribution in [0.25, 0.3) is 0 Å². The molecule has 0 spiro atoms. The van der Waals surface area contributed by atoms with E-state index in [2.05, 4.69) is 0 Å². The van der Waals surface area contributed by atoms with Gasteiger partial charge in [0, 0.05) is 0 Å². The molecule has 4 nitrogen and oxygen atoms in total. The fourth-order valence-electron chi connectivity index (χ4n) is 1.54. The Hall–Kier alpha value is -1.33. The largest absolute Gasteiger partial charge is 0.269 e. The molecule has 0 aliphatic heterocycles. The van der Waals surface area contributed by atoms with Crippen molar-refractivity contribution >= 4 is 32.6 Å². The number of hydrogen-bond acceptors (Lipinski definition) is 3. The Morgan fingerprint density at radius 1 is 1.17 bits per heavy atom. The second-order valence-electron chi connectivity index (χ2n) is 3.74. The van der Waals surface area contributed by atoms with Crippen molar-refractivity contribution in [2.45, 2.75) is 11.8 Å². The maximum atomic E-state index is 12.4. The molecule has 92 valence electrons. The maximum absolute atomic E-state index is 12.4. The molecule has 1 aromatic carbocycles. The van der Waals surface area contributed by atoms with Crippen molar-refractivity contribution in [2.75, 3.05) is 0 Å². The third-order valence-corrected chi connectivity index (χ3v) is 5.38. The lowest BCUT2D eigenvalue weighted by molar-refractivity contribution is 0.586. The first-order valence-corrected chi connectivity index (χ1v) is 7.58. The topological polar surface area (TPSA) is 62.9 Å². The van der Waals surface area contributed by atoms with E-state index in [4.69, 9.17) is 5.26 Å². The number of benzene rings is 1. The molecule has 1 heterocycles. The minimum atomic E-state index is -3.70. The molecule has 0 saturated heterocycles. The third-order valence-electron chi connectivity index (χ3n) is 2.47. The molecule has 0 fully saturated rings. The van der Waals surface area contributed by atoms with Crippen molar-refractivity contribution < 1.29 is 8.42 Å². The van der Waals surface area contributed by atoms with Crippen molar-refractivity contribution in [1.82, 2.24) is 3.97 Å². The highest BCUT2D eigenvalue weighted by Gasteiger charge is 2.22. The number of nitriles is 1. The predicted molar refractivity (Wildman–Crippen MR) is 75.6 cm³/mol. The summed E-state index contributed by atoms with van der Waals surface area (Å²) >= 11 is 1.90. The van der Waals surface area contributed by atoms with Crippen LogP contribution in [0.15, 0.2) is 41.3 Å². The first-order chi connectivity index (χ1) is 8.46. The van der Waals surface area contributed by atoms with Gasteiger partial charge < -0.3 is 0 Å². The summed E-state index contributed by atoms with van der Waals surface area (Å²) in [7, 11) is -3.70. The minimum Gasteiger partial charge on any atom is -0.218 e. The Kier molecular flexibility index (Phi) is 3.45. The van der Waals surface area contributed by atoms with Gasteiger partial charge in [0.05, 0.1) is 8.60 Å². The lowest BCUT2D eigenvalue weighted by atomic mass is 10.2. The lowest BCUT2D eigenvalue weighted by Gasteiger charge is -2.08.